The van der Waals surface area contributed by atoms with Crippen molar-refractivity contribution in [3.63, 3.8) is 0 Å². The summed E-state index contributed by atoms with van der Waals surface area (Å²) < 4.78 is 2.40. The number of hydrogen-bond donors (Lipinski definition) is 0. The van der Waals surface area contributed by atoms with Gasteiger partial charge < -0.3 is 4.57 Å². The van der Waals surface area contributed by atoms with Crippen LogP contribution in [0, 0.1) is 0 Å². The quantitative estimate of drug-likeness (QED) is 0.160. The van der Waals surface area contributed by atoms with Crippen molar-refractivity contribution in [3.8, 4) is 50.2 Å². The highest BCUT2D eigenvalue weighted by molar-refractivity contribution is 6.25. The molecule has 0 spiro atoms. The SMILES string of the molecule is c1ccc(-c2c3ccccc3c(-c3ccccc3)c3cc(-c4ccc(-c5cc6c7cnccc7n(-c7ccccc7)c6c6ccccc56)c5ccccc45)ccc23)cc1. The number of fused-ring (bicyclic) bond motifs is 8. The predicted molar refractivity (Wildman–Crippen MR) is 250 cm³/mol. The summed E-state index contributed by atoms with van der Waals surface area (Å²) in [6, 6.07) is 75.5. The van der Waals surface area contributed by atoms with E-state index in [1.807, 2.05) is 12.4 Å². The molecule has 2 nitrogen and oxygen atoms in total. The maximum atomic E-state index is 4.62. The highest BCUT2D eigenvalue weighted by Gasteiger charge is 2.21. The average Bonchev–Trinajstić information content (AvgIpc) is 3.65. The molecule has 0 saturated heterocycles. The number of nitrogens with zero attached hydrogens (tertiary/aromatic N) is 2. The van der Waals surface area contributed by atoms with Crippen LogP contribution in [0.1, 0.15) is 0 Å². The Balaban J connectivity index is 1.12. The number of hydrogen-bond acceptors (Lipinski definition) is 1. The maximum Gasteiger partial charge on any atom is 0.0620 e. The first-order valence-corrected chi connectivity index (χ1v) is 20.3. The Morgan fingerprint density at radius 2 is 0.814 bits per heavy atom. The summed E-state index contributed by atoms with van der Waals surface area (Å²) in [5.41, 5.74) is 13.3. The molecule has 0 radical (unpaired) electrons. The molecule has 0 atom stereocenters. The Morgan fingerprint density at radius 1 is 0.305 bits per heavy atom. The number of pyridine rings is 1. The Labute approximate surface area is 341 Å². The summed E-state index contributed by atoms with van der Waals surface area (Å²) >= 11 is 0. The molecule has 0 aliphatic heterocycles. The van der Waals surface area contributed by atoms with E-state index >= 15 is 0 Å². The van der Waals surface area contributed by atoms with Crippen molar-refractivity contribution >= 4 is 64.9 Å². The van der Waals surface area contributed by atoms with Crippen LogP contribution in [0.2, 0.25) is 0 Å². The normalized spacial score (nSPS) is 11.7. The van der Waals surface area contributed by atoms with E-state index in [1.165, 1.54) is 98.5 Å². The monoisotopic (exact) mass is 748 g/mol. The zero-order valence-corrected chi connectivity index (χ0v) is 32.2. The van der Waals surface area contributed by atoms with Crippen molar-refractivity contribution in [3.05, 3.63) is 219 Å². The van der Waals surface area contributed by atoms with Gasteiger partial charge in [0.25, 0.3) is 0 Å². The molecule has 0 N–H and O–H groups in total. The Hall–Kier alpha value is -7.81. The van der Waals surface area contributed by atoms with Gasteiger partial charge in [-0.3, -0.25) is 4.98 Å². The summed E-state index contributed by atoms with van der Waals surface area (Å²) in [5, 5.41) is 12.3. The minimum Gasteiger partial charge on any atom is -0.309 e. The van der Waals surface area contributed by atoms with Gasteiger partial charge in [-0.1, -0.05) is 176 Å². The van der Waals surface area contributed by atoms with Crippen LogP contribution in [-0.4, -0.2) is 9.55 Å². The molecular formula is C57H36N2. The fourth-order valence-electron chi connectivity index (χ4n) is 9.75. The van der Waals surface area contributed by atoms with Gasteiger partial charge in [-0.05, 0) is 113 Å². The lowest BCUT2D eigenvalue weighted by atomic mass is 9.84. The highest BCUT2D eigenvalue weighted by Crippen LogP contribution is 2.47. The minimum atomic E-state index is 1.14. The summed E-state index contributed by atoms with van der Waals surface area (Å²) in [7, 11) is 0. The van der Waals surface area contributed by atoms with Gasteiger partial charge in [-0.2, -0.15) is 0 Å². The molecular weight excluding hydrogens is 713 g/mol. The number of para-hydroxylation sites is 1. The second-order valence-electron chi connectivity index (χ2n) is 15.4. The maximum absolute atomic E-state index is 4.62. The van der Waals surface area contributed by atoms with Crippen molar-refractivity contribution < 1.29 is 0 Å². The van der Waals surface area contributed by atoms with Gasteiger partial charge in [0.15, 0.2) is 0 Å². The number of aromatic nitrogens is 2. The van der Waals surface area contributed by atoms with Crippen LogP contribution < -0.4 is 0 Å². The molecule has 0 saturated carbocycles. The van der Waals surface area contributed by atoms with E-state index in [2.05, 4.69) is 216 Å². The Morgan fingerprint density at radius 3 is 1.47 bits per heavy atom. The lowest BCUT2D eigenvalue weighted by Crippen LogP contribution is -1.95. The van der Waals surface area contributed by atoms with Crippen LogP contribution in [0.4, 0.5) is 0 Å². The first kappa shape index (κ1) is 33.3. The second kappa shape index (κ2) is 13.4. The Bertz CT molecular complexity index is 3580. The molecule has 0 aliphatic carbocycles. The third-order valence-corrected chi connectivity index (χ3v) is 12.3. The lowest BCUT2D eigenvalue weighted by molar-refractivity contribution is 1.18. The van der Waals surface area contributed by atoms with Crippen LogP contribution in [-0.2, 0) is 0 Å². The van der Waals surface area contributed by atoms with E-state index in [-0.39, 0.29) is 0 Å². The van der Waals surface area contributed by atoms with E-state index < -0.39 is 0 Å². The molecule has 0 bridgehead atoms. The average molecular weight is 749 g/mol. The van der Waals surface area contributed by atoms with Crippen LogP contribution >= 0.6 is 0 Å². The first-order valence-electron chi connectivity index (χ1n) is 20.3. The van der Waals surface area contributed by atoms with Crippen LogP contribution in [0.25, 0.3) is 115 Å². The topological polar surface area (TPSA) is 17.8 Å². The molecule has 2 heteroatoms. The number of rotatable bonds is 5. The van der Waals surface area contributed by atoms with Crippen molar-refractivity contribution in [2.45, 2.75) is 0 Å². The smallest absolute Gasteiger partial charge is 0.0620 e. The fourth-order valence-corrected chi connectivity index (χ4v) is 9.75. The molecule has 2 heterocycles. The van der Waals surface area contributed by atoms with Crippen LogP contribution in [0.5, 0.6) is 0 Å². The van der Waals surface area contributed by atoms with E-state index in [4.69, 9.17) is 0 Å². The van der Waals surface area contributed by atoms with Gasteiger partial charge in [-0.15, -0.1) is 0 Å². The van der Waals surface area contributed by atoms with E-state index in [1.54, 1.807) is 0 Å². The number of benzene rings is 10. The molecule has 0 fully saturated rings. The van der Waals surface area contributed by atoms with Gasteiger partial charge in [-0.25, -0.2) is 0 Å². The molecule has 0 amide bonds. The molecule has 12 aromatic rings. The molecule has 274 valence electrons. The predicted octanol–water partition coefficient (Wildman–Crippen LogP) is 15.5. The highest BCUT2D eigenvalue weighted by atomic mass is 15.0. The minimum absolute atomic E-state index is 1.14. The summed E-state index contributed by atoms with van der Waals surface area (Å²) in [6.07, 6.45) is 3.92. The van der Waals surface area contributed by atoms with Crippen molar-refractivity contribution in [1.29, 1.82) is 0 Å². The van der Waals surface area contributed by atoms with E-state index in [0.717, 1.165) is 16.6 Å². The largest absolute Gasteiger partial charge is 0.309 e. The Kier molecular flexibility index (Phi) is 7.57. The molecule has 10 aromatic carbocycles. The lowest BCUT2D eigenvalue weighted by Gasteiger charge is -2.19. The van der Waals surface area contributed by atoms with E-state index in [0.29, 0.717) is 0 Å². The van der Waals surface area contributed by atoms with Gasteiger partial charge >= 0.3 is 0 Å². The molecule has 59 heavy (non-hydrogen) atoms. The summed E-state index contributed by atoms with van der Waals surface area (Å²) in [4.78, 5) is 4.62. The fraction of sp³-hybridized carbons (Fsp3) is 0. The molecule has 12 rings (SSSR count). The third-order valence-electron chi connectivity index (χ3n) is 12.3. The third kappa shape index (κ3) is 5.17. The zero-order valence-electron chi connectivity index (χ0n) is 32.2. The summed E-state index contributed by atoms with van der Waals surface area (Å²) in [6.45, 7) is 0. The molecule has 0 unspecified atom stereocenters. The van der Waals surface area contributed by atoms with Crippen molar-refractivity contribution in [2.24, 2.45) is 0 Å². The second-order valence-corrected chi connectivity index (χ2v) is 15.4. The van der Waals surface area contributed by atoms with Crippen molar-refractivity contribution in [2.75, 3.05) is 0 Å². The summed E-state index contributed by atoms with van der Waals surface area (Å²) in [5.74, 6) is 0. The zero-order chi connectivity index (χ0) is 38.9. The van der Waals surface area contributed by atoms with Gasteiger partial charge in [0, 0.05) is 34.2 Å². The van der Waals surface area contributed by atoms with Gasteiger partial charge in [0.1, 0.15) is 0 Å². The van der Waals surface area contributed by atoms with Gasteiger partial charge in [0.2, 0.25) is 0 Å². The molecule has 2 aromatic heterocycles. The first-order chi connectivity index (χ1) is 29.3. The molecule has 0 aliphatic rings. The van der Waals surface area contributed by atoms with Crippen molar-refractivity contribution in [1.82, 2.24) is 9.55 Å². The standard InChI is InChI=1S/C57H36N2/c1-4-16-37(17-5-1)55-46-25-13-14-26-47(46)56(38-18-6-2-7-19-38)51-34-39(28-29-48(51)55)41-30-31-45(43-23-11-10-22-42(41)43)50-35-52-53-36-58-33-32-54(53)59(40-20-8-3-9-21-40)57(52)49-27-15-12-24-44(49)50/h1-36H. The van der Waals surface area contributed by atoms with Crippen LogP contribution in [0.15, 0.2) is 219 Å². The van der Waals surface area contributed by atoms with Crippen LogP contribution in [0.3, 0.4) is 0 Å². The van der Waals surface area contributed by atoms with E-state index in [9.17, 15) is 0 Å². The van der Waals surface area contributed by atoms with Gasteiger partial charge in [0.05, 0.1) is 11.0 Å².